The molecule has 1 aliphatic carbocycles. The molecule has 0 bridgehead atoms. The first-order chi connectivity index (χ1) is 8.82. The molecular weight excluding hydrogens is 248 g/mol. The van der Waals surface area contributed by atoms with Gasteiger partial charge in [-0.05, 0) is 18.8 Å². The van der Waals surface area contributed by atoms with Crippen LogP contribution in [0.5, 0.6) is 0 Å². The van der Waals surface area contributed by atoms with E-state index in [0.717, 1.165) is 17.7 Å². The second-order valence-electron chi connectivity index (χ2n) is 5.19. The predicted molar refractivity (Wildman–Crippen MR) is 69.4 cm³/mol. The highest BCUT2D eigenvalue weighted by Gasteiger charge is 2.35. The van der Waals surface area contributed by atoms with Gasteiger partial charge in [0.2, 0.25) is 17.7 Å². The number of amides is 3. The normalized spacial score (nSPS) is 26.7. The van der Waals surface area contributed by atoms with Gasteiger partial charge < -0.3 is 22.1 Å². The Morgan fingerprint density at radius 3 is 2.11 bits per heavy atom. The van der Waals surface area contributed by atoms with E-state index < -0.39 is 11.8 Å². The molecule has 0 spiro atoms. The molecule has 1 rings (SSSR count). The summed E-state index contributed by atoms with van der Waals surface area (Å²) in [4.78, 5) is 35.5. The Balaban J connectivity index is 2.79. The van der Waals surface area contributed by atoms with E-state index in [1.807, 2.05) is 6.92 Å². The first-order valence-electron chi connectivity index (χ1n) is 6.44. The number of primary amides is 2. The molecule has 0 aliphatic heterocycles. The van der Waals surface area contributed by atoms with E-state index in [0.29, 0.717) is 6.42 Å². The molecule has 0 aromatic rings. The second kappa shape index (κ2) is 6.51. The van der Waals surface area contributed by atoms with E-state index in [9.17, 15) is 14.4 Å². The van der Waals surface area contributed by atoms with Crippen molar-refractivity contribution in [2.45, 2.75) is 32.2 Å². The third kappa shape index (κ3) is 4.20. The molecule has 6 N–H and O–H groups in total. The molecule has 1 aliphatic rings. The van der Waals surface area contributed by atoms with Crippen molar-refractivity contribution in [2.75, 3.05) is 13.1 Å². The average molecular weight is 270 g/mol. The SMILES string of the molecule is CC1C(N)CCCC1C(=O)N(CC(N)=O)CC(N)=O. The Kier molecular flexibility index (Phi) is 5.29. The van der Waals surface area contributed by atoms with E-state index in [4.69, 9.17) is 17.2 Å². The van der Waals surface area contributed by atoms with Crippen molar-refractivity contribution >= 4 is 17.7 Å². The molecule has 0 aromatic heterocycles. The summed E-state index contributed by atoms with van der Waals surface area (Å²) in [5, 5.41) is 0. The van der Waals surface area contributed by atoms with E-state index in [1.165, 1.54) is 0 Å². The van der Waals surface area contributed by atoms with Crippen LogP contribution in [0.15, 0.2) is 0 Å². The van der Waals surface area contributed by atoms with Gasteiger partial charge in [0.1, 0.15) is 0 Å². The maximum absolute atomic E-state index is 12.4. The molecule has 0 saturated heterocycles. The van der Waals surface area contributed by atoms with Gasteiger partial charge in [-0.25, -0.2) is 0 Å². The van der Waals surface area contributed by atoms with Crippen LogP contribution < -0.4 is 17.2 Å². The van der Waals surface area contributed by atoms with Crippen molar-refractivity contribution in [1.29, 1.82) is 0 Å². The molecule has 0 heterocycles. The molecule has 108 valence electrons. The minimum Gasteiger partial charge on any atom is -0.368 e. The van der Waals surface area contributed by atoms with Gasteiger partial charge in [-0.3, -0.25) is 14.4 Å². The van der Waals surface area contributed by atoms with Crippen LogP contribution >= 0.6 is 0 Å². The topological polar surface area (TPSA) is 133 Å². The first kappa shape index (κ1) is 15.4. The van der Waals surface area contributed by atoms with Gasteiger partial charge >= 0.3 is 0 Å². The number of carbonyl (C=O) groups excluding carboxylic acids is 3. The van der Waals surface area contributed by atoms with Crippen LogP contribution in [-0.2, 0) is 14.4 Å². The van der Waals surface area contributed by atoms with Crippen molar-refractivity contribution < 1.29 is 14.4 Å². The highest BCUT2D eigenvalue weighted by molar-refractivity contribution is 5.89. The van der Waals surface area contributed by atoms with E-state index in [1.54, 1.807) is 0 Å². The lowest BCUT2D eigenvalue weighted by molar-refractivity contribution is -0.143. The lowest BCUT2D eigenvalue weighted by atomic mass is 9.76. The van der Waals surface area contributed by atoms with Crippen LogP contribution in [0, 0.1) is 11.8 Å². The zero-order valence-corrected chi connectivity index (χ0v) is 11.2. The van der Waals surface area contributed by atoms with Crippen LogP contribution in [0.3, 0.4) is 0 Å². The summed E-state index contributed by atoms with van der Waals surface area (Å²) < 4.78 is 0. The van der Waals surface area contributed by atoms with Crippen LogP contribution in [0.25, 0.3) is 0 Å². The third-order valence-corrected chi connectivity index (χ3v) is 3.68. The van der Waals surface area contributed by atoms with Gasteiger partial charge in [-0.1, -0.05) is 13.3 Å². The molecule has 3 atom stereocenters. The first-order valence-corrected chi connectivity index (χ1v) is 6.44. The lowest BCUT2D eigenvalue weighted by Gasteiger charge is -2.35. The summed E-state index contributed by atoms with van der Waals surface area (Å²) in [6.45, 7) is 1.33. The molecule has 19 heavy (non-hydrogen) atoms. The number of hydrogen-bond acceptors (Lipinski definition) is 4. The molecule has 0 aromatic carbocycles. The van der Waals surface area contributed by atoms with E-state index in [-0.39, 0.29) is 36.9 Å². The van der Waals surface area contributed by atoms with Crippen molar-refractivity contribution in [1.82, 2.24) is 4.90 Å². The van der Waals surface area contributed by atoms with Crippen molar-refractivity contribution in [3.05, 3.63) is 0 Å². The minimum absolute atomic E-state index is 0.0181. The summed E-state index contributed by atoms with van der Waals surface area (Å²) in [7, 11) is 0. The van der Waals surface area contributed by atoms with Gasteiger partial charge in [-0.15, -0.1) is 0 Å². The molecule has 1 fully saturated rings. The monoisotopic (exact) mass is 270 g/mol. The zero-order chi connectivity index (χ0) is 14.6. The van der Waals surface area contributed by atoms with Crippen LogP contribution in [-0.4, -0.2) is 41.8 Å². The average Bonchev–Trinajstić information content (AvgIpc) is 2.30. The predicted octanol–water partition coefficient (Wildman–Crippen LogP) is -1.45. The third-order valence-electron chi connectivity index (χ3n) is 3.68. The maximum atomic E-state index is 12.4. The van der Waals surface area contributed by atoms with E-state index >= 15 is 0 Å². The Bertz CT molecular complexity index is 356. The fourth-order valence-electron chi connectivity index (χ4n) is 2.57. The molecular formula is C12H22N4O3. The Labute approximate surface area is 112 Å². The Hall–Kier alpha value is -1.63. The van der Waals surface area contributed by atoms with Crippen molar-refractivity contribution in [2.24, 2.45) is 29.0 Å². The summed E-state index contributed by atoms with van der Waals surface area (Å²) in [6, 6.07) is -0.0355. The van der Waals surface area contributed by atoms with Gasteiger partial charge in [-0.2, -0.15) is 0 Å². The Morgan fingerprint density at radius 2 is 1.63 bits per heavy atom. The summed E-state index contributed by atoms with van der Waals surface area (Å²) in [5.41, 5.74) is 16.1. The molecule has 7 heteroatoms. The molecule has 3 amide bonds. The minimum atomic E-state index is -0.664. The number of hydrogen-bond donors (Lipinski definition) is 3. The summed E-state index contributed by atoms with van der Waals surface area (Å²) >= 11 is 0. The Morgan fingerprint density at radius 1 is 1.11 bits per heavy atom. The number of carbonyl (C=O) groups is 3. The van der Waals surface area contributed by atoms with Crippen LogP contribution in [0.4, 0.5) is 0 Å². The zero-order valence-electron chi connectivity index (χ0n) is 11.2. The molecule has 1 saturated carbocycles. The smallest absolute Gasteiger partial charge is 0.237 e. The van der Waals surface area contributed by atoms with Gasteiger partial charge in [0, 0.05) is 12.0 Å². The van der Waals surface area contributed by atoms with Crippen molar-refractivity contribution in [3.8, 4) is 0 Å². The van der Waals surface area contributed by atoms with Crippen LogP contribution in [0.1, 0.15) is 26.2 Å². The molecule has 3 unspecified atom stereocenters. The fraction of sp³-hybridized carbons (Fsp3) is 0.750. The largest absolute Gasteiger partial charge is 0.368 e. The number of nitrogens with two attached hydrogens (primary N) is 3. The maximum Gasteiger partial charge on any atom is 0.237 e. The molecule has 0 radical (unpaired) electrons. The standard InChI is InChI=1S/C12H22N4O3/c1-7-8(3-2-4-9(7)13)12(19)16(5-10(14)17)6-11(15)18/h7-9H,2-6,13H2,1H3,(H2,14,17)(H2,15,18). The van der Waals surface area contributed by atoms with E-state index in [2.05, 4.69) is 0 Å². The number of rotatable bonds is 5. The number of nitrogens with zero attached hydrogens (tertiary/aromatic N) is 1. The van der Waals surface area contributed by atoms with Gasteiger partial charge in [0.15, 0.2) is 0 Å². The lowest BCUT2D eigenvalue weighted by Crippen LogP contribution is -2.50. The summed E-state index contributed by atoms with van der Waals surface area (Å²) in [5.74, 6) is -1.85. The second-order valence-corrected chi connectivity index (χ2v) is 5.19. The summed E-state index contributed by atoms with van der Waals surface area (Å²) in [6.07, 6.45) is 2.46. The van der Waals surface area contributed by atoms with Gasteiger partial charge in [0.25, 0.3) is 0 Å². The van der Waals surface area contributed by atoms with Gasteiger partial charge in [0.05, 0.1) is 13.1 Å². The highest BCUT2D eigenvalue weighted by Crippen LogP contribution is 2.30. The highest BCUT2D eigenvalue weighted by atomic mass is 16.2. The fourth-order valence-corrected chi connectivity index (χ4v) is 2.57. The van der Waals surface area contributed by atoms with Crippen LogP contribution in [0.2, 0.25) is 0 Å². The quantitative estimate of drug-likeness (QED) is 0.563. The van der Waals surface area contributed by atoms with Crippen molar-refractivity contribution in [3.63, 3.8) is 0 Å². The molecule has 7 nitrogen and oxygen atoms in total.